The number of rotatable bonds is 3. The van der Waals surface area contributed by atoms with Gasteiger partial charge in [-0.3, -0.25) is 0 Å². The van der Waals surface area contributed by atoms with E-state index in [-0.39, 0.29) is 48.3 Å². The third-order valence-corrected chi connectivity index (χ3v) is 8.05. The summed E-state index contributed by atoms with van der Waals surface area (Å²) in [5.41, 5.74) is 3.62. The average Bonchev–Trinajstić information content (AvgIpc) is 3.55. The molecule has 3 aromatic carbocycles. The van der Waals surface area contributed by atoms with E-state index in [9.17, 15) is 0 Å². The molecule has 0 saturated heterocycles. The zero-order chi connectivity index (χ0) is 40.1. The van der Waals surface area contributed by atoms with Crippen LogP contribution in [0.5, 0.6) is 0 Å². The fourth-order valence-electron chi connectivity index (χ4n) is 5.46. The van der Waals surface area contributed by atoms with Crippen LogP contribution in [0.15, 0.2) is 77.5 Å². The van der Waals surface area contributed by atoms with Crippen LogP contribution in [0.2, 0.25) is 0 Å². The van der Waals surface area contributed by atoms with Crippen LogP contribution in [0.4, 0.5) is 0 Å². The molecular formula is C39H39IrN3O-2. The van der Waals surface area contributed by atoms with Crippen LogP contribution in [0.1, 0.15) is 90.0 Å². The Balaban J connectivity index is 0.000000244. The van der Waals surface area contributed by atoms with Crippen LogP contribution in [-0.4, -0.2) is 15.0 Å². The predicted octanol–water partition coefficient (Wildman–Crippen LogP) is 10.3. The van der Waals surface area contributed by atoms with Gasteiger partial charge in [0.05, 0.1) is 0 Å². The Labute approximate surface area is 291 Å². The largest absolute Gasteiger partial charge is 0.450 e. The van der Waals surface area contributed by atoms with E-state index in [0.717, 1.165) is 54.1 Å². The summed E-state index contributed by atoms with van der Waals surface area (Å²) in [6.45, 7) is -4.94. The van der Waals surface area contributed by atoms with Crippen molar-refractivity contribution in [1.82, 2.24) is 15.0 Å². The molecule has 0 bridgehead atoms. The first-order chi connectivity index (χ1) is 25.5. The Bertz CT molecular complexity index is 2240. The monoisotopic (exact) mass is 770 g/mol. The Morgan fingerprint density at radius 2 is 1.64 bits per heavy atom. The summed E-state index contributed by atoms with van der Waals surface area (Å²) in [5.74, 6) is 0.993. The van der Waals surface area contributed by atoms with Gasteiger partial charge in [-0.15, -0.1) is 59.2 Å². The van der Waals surface area contributed by atoms with Crippen molar-refractivity contribution in [3.63, 3.8) is 0 Å². The molecule has 3 heterocycles. The first kappa shape index (κ1) is 19.7. The molecule has 3 aromatic heterocycles. The maximum absolute atomic E-state index is 7.91. The molecular weight excluding hydrogens is 719 g/mol. The van der Waals surface area contributed by atoms with Gasteiger partial charge in [-0.05, 0) is 80.2 Å². The van der Waals surface area contributed by atoms with Crippen molar-refractivity contribution in [2.75, 3.05) is 0 Å². The first-order valence-electron chi connectivity index (χ1n) is 20.3. The molecule has 0 atom stereocenters. The Morgan fingerprint density at radius 1 is 0.841 bits per heavy atom. The summed E-state index contributed by atoms with van der Waals surface area (Å²) >= 11 is 0. The van der Waals surface area contributed by atoms with Gasteiger partial charge in [-0.2, -0.15) is 0 Å². The molecule has 1 saturated carbocycles. The molecule has 44 heavy (non-hydrogen) atoms. The predicted molar refractivity (Wildman–Crippen MR) is 176 cm³/mol. The SMILES string of the molecule is [2H]C([2H])([2H])c1c[c-]c(-c2ccc(C([2H])([2H])[2H])cn2)cc1.[2H]C([2H])([2H])c1cnc(-c2[c-]ccc3ccc4nc(C5CCC(C)(C)CC5)oc4c23)cc1C([2H])([2H])[2H].[Ir]. The van der Waals surface area contributed by atoms with Crippen molar-refractivity contribution in [1.29, 1.82) is 0 Å². The fraction of sp³-hybridized carbons (Fsp3) is 0.308. The maximum atomic E-state index is 7.91. The number of oxazole rings is 1. The summed E-state index contributed by atoms with van der Waals surface area (Å²) in [6.07, 6.45) is 6.73. The molecule has 227 valence electrons. The van der Waals surface area contributed by atoms with Crippen molar-refractivity contribution in [3.8, 4) is 22.5 Å². The fourth-order valence-corrected chi connectivity index (χ4v) is 5.46. The standard InChI is InChI=1S/C26H27N2O.C13H12N.Ir/c1-16-14-22(27-15-17(16)2)20-7-5-6-18-8-9-21-24(23(18)20)29-25(28-21)19-10-12-26(3,4)13-11-19;1-10-3-6-12(7-4-10)13-8-5-11(2)9-14-13;/h5-6,8-9,14-15,19H,10-13H2,1-4H3;3-6,8-9H,1-2H3;/q2*-1;/i2*1D3,2D3;. The number of aryl methyl sites for hydroxylation is 4. The number of aromatic nitrogens is 3. The van der Waals surface area contributed by atoms with Gasteiger partial charge >= 0.3 is 0 Å². The van der Waals surface area contributed by atoms with Gasteiger partial charge in [0.1, 0.15) is 11.1 Å². The van der Waals surface area contributed by atoms with Gasteiger partial charge in [0, 0.05) is 54.9 Å². The molecule has 0 amide bonds. The van der Waals surface area contributed by atoms with Crippen molar-refractivity contribution in [3.05, 3.63) is 113 Å². The van der Waals surface area contributed by atoms with Crippen molar-refractivity contribution in [2.45, 2.75) is 72.9 Å². The van der Waals surface area contributed by atoms with Crippen LogP contribution in [0, 0.1) is 45.0 Å². The van der Waals surface area contributed by atoms with E-state index in [2.05, 4.69) is 35.9 Å². The Morgan fingerprint density at radius 3 is 2.34 bits per heavy atom. The minimum absolute atomic E-state index is 0. The molecule has 5 heteroatoms. The zero-order valence-corrected chi connectivity index (χ0v) is 26.8. The molecule has 0 unspecified atom stereocenters. The average molecular weight is 770 g/mol. The van der Waals surface area contributed by atoms with Crippen LogP contribution in [0.25, 0.3) is 44.4 Å². The Hall–Kier alpha value is -3.66. The van der Waals surface area contributed by atoms with E-state index in [4.69, 9.17) is 25.9 Å². The van der Waals surface area contributed by atoms with Crippen LogP contribution in [-0.2, 0) is 20.1 Å². The minimum Gasteiger partial charge on any atom is -0.450 e. The normalized spacial score (nSPS) is 19.8. The summed E-state index contributed by atoms with van der Waals surface area (Å²) in [6, 6.07) is 22.5. The van der Waals surface area contributed by atoms with E-state index in [0.29, 0.717) is 33.5 Å². The molecule has 1 fully saturated rings. The third-order valence-electron chi connectivity index (χ3n) is 8.05. The van der Waals surface area contributed by atoms with Crippen LogP contribution < -0.4 is 0 Å². The summed E-state index contributed by atoms with van der Waals surface area (Å²) in [5, 5.41) is 1.63. The second-order valence-electron chi connectivity index (χ2n) is 11.8. The Kier molecular flexibility index (Phi) is 5.87. The molecule has 0 spiro atoms. The number of nitrogens with zero attached hydrogens (tertiary/aromatic N) is 3. The first-order valence-corrected chi connectivity index (χ1v) is 14.3. The number of pyridine rings is 2. The second-order valence-corrected chi connectivity index (χ2v) is 11.8. The molecule has 1 aliphatic rings. The second kappa shape index (κ2) is 13.1. The van der Waals surface area contributed by atoms with Gasteiger partial charge in [0.15, 0.2) is 5.89 Å². The van der Waals surface area contributed by atoms with Gasteiger partial charge in [0.25, 0.3) is 0 Å². The van der Waals surface area contributed by atoms with E-state index < -0.39 is 27.4 Å². The van der Waals surface area contributed by atoms with Gasteiger partial charge in [0.2, 0.25) is 0 Å². The maximum Gasteiger partial charge on any atom is 0.197 e. The molecule has 1 aliphatic carbocycles. The molecule has 7 rings (SSSR count). The topological polar surface area (TPSA) is 51.8 Å². The minimum atomic E-state index is -2.60. The zero-order valence-electron chi connectivity index (χ0n) is 36.4. The number of fused-ring (bicyclic) bond motifs is 3. The van der Waals surface area contributed by atoms with E-state index in [1.165, 1.54) is 30.5 Å². The summed E-state index contributed by atoms with van der Waals surface area (Å²) in [4.78, 5) is 13.2. The number of hydrogen-bond acceptors (Lipinski definition) is 4. The van der Waals surface area contributed by atoms with Crippen molar-refractivity contribution >= 4 is 21.9 Å². The van der Waals surface area contributed by atoms with Gasteiger partial charge < -0.3 is 14.4 Å². The van der Waals surface area contributed by atoms with E-state index >= 15 is 0 Å². The quantitative estimate of drug-likeness (QED) is 0.168. The number of hydrogen-bond donors (Lipinski definition) is 0. The van der Waals surface area contributed by atoms with Crippen molar-refractivity contribution in [2.24, 2.45) is 5.41 Å². The third kappa shape index (κ3) is 6.85. The van der Waals surface area contributed by atoms with E-state index in [1.807, 2.05) is 18.2 Å². The smallest absolute Gasteiger partial charge is 0.197 e. The van der Waals surface area contributed by atoms with Crippen LogP contribution in [0.3, 0.4) is 0 Å². The molecule has 0 N–H and O–H groups in total. The van der Waals surface area contributed by atoms with Crippen LogP contribution >= 0.6 is 0 Å². The molecule has 1 radical (unpaired) electrons. The van der Waals surface area contributed by atoms with Gasteiger partial charge in [-0.25, -0.2) is 4.98 Å². The van der Waals surface area contributed by atoms with Crippen molar-refractivity contribution < 1.29 is 41.0 Å². The molecule has 4 nitrogen and oxygen atoms in total. The molecule has 6 aromatic rings. The number of benzene rings is 3. The summed E-state index contributed by atoms with van der Waals surface area (Å²) in [7, 11) is 0. The molecule has 0 aliphatic heterocycles. The summed E-state index contributed by atoms with van der Waals surface area (Å²) < 4.78 is 97.0. The van der Waals surface area contributed by atoms with Gasteiger partial charge in [-0.1, -0.05) is 61.3 Å². The van der Waals surface area contributed by atoms with E-state index in [1.54, 1.807) is 18.2 Å².